The number of rotatable bonds is 4. The molecule has 0 aliphatic rings. The molecule has 0 spiro atoms. The van der Waals surface area contributed by atoms with Crippen LogP contribution in [-0.2, 0) is 4.74 Å². The van der Waals surface area contributed by atoms with Gasteiger partial charge in [-0.1, -0.05) is 30.3 Å². The second-order valence-electron chi connectivity index (χ2n) is 4.98. The van der Waals surface area contributed by atoms with E-state index in [-0.39, 0.29) is 6.04 Å². The SMILES string of the molecule is COC(=O)c1cccc(N)c1NC(C)c1ccccc1C. The number of nitrogens with two attached hydrogens (primary N) is 1. The predicted molar refractivity (Wildman–Crippen MR) is 85.4 cm³/mol. The Morgan fingerprint density at radius 3 is 2.57 bits per heavy atom. The maximum atomic E-state index is 11.9. The van der Waals surface area contributed by atoms with Gasteiger partial charge in [-0.25, -0.2) is 4.79 Å². The Labute approximate surface area is 124 Å². The standard InChI is InChI=1S/C17H20N2O2/c1-11-7-4-5-8-13(11)12(2)19-16-14(17(20)21-3)9-6-10-15(16)18/h4-10,12,19H,18H2,1-3H3. The molecule has 3 N–H and O–H groups in total. The molecule has 1 atom stereocenters. The molecule has 0 amide bonds. The predicted octanol–water partition coefficient (Wildman–Crippen LogP) is 3.54. The monoisotopic (exact) mass is 284 g/mol. The van der Waals surface area contributed by atoms with Crippen molar-refractivity contribution in [3.8, 4) is 0 Å². The van der Waals surface area contributed by atoms with Gasteiger partial charge in [-0.05, 0) is 37.1 Å². The normalized spacial score (nSPS) is 11.8. The van der Waals surface area contributed by atoms with Crippen molar-refractivity contribution >= 4 is 17.3 Å². The zero-order chi connectivity index (χ0) is 15.4. The molecular formula is C17H20N2O2. The van der Waals surface area contributed by atoms with Crippen LogP contribution in [0.1, 0.15) is 34.5 Å². The smallest absolute Gasteiger partial charge is 0.340 e. The highest BCUT2D eigenvalue weighted by atomic mass is 16.5. The summed E-state index contributed by atoms with van der Waals surface area (Å²) in [5.41, 5.74) is 9.94. The Hall–Kier alpha value is -2.49. The fourth-order valence-corrected chi connectivity index (χ4v) is 2.38. The van der Waals surface area contributed by atoms with Crippen molar-refractivity contribution in [3.05, 3.63) is 59.2 Å². The molecule has 0 saturated carbocycles. The lowest BCUT2D eigenvalue weighted by molar-refractivity contribution is 0.0602. The molecule has 4 nitrogen and oxygen atoms in total. The van der Waals surface area contributed by atoms with Crippen LogP contribution in [0.4, 0.5) is 11.4 Å². The van der Waals surface area contributed by atoms with Crippen LogP contribution in [0.25, 0.3) is 0 Å². The number of benzene rings is 2. The molecule has 0 aliphatic carbocycles. The van der Waals surface area contributed by atoms with E-state index >= 15 is 0 Å². The molecule has 0 fully saturated rings. The van der Waals surface area contributed by atoms with E-state index in [0.29, 0.717) is 16.9 Å². The zero-order valence-corrected chi connectivity index (χ0v) is 12.5. The number of carbonyl (C=O) groups is 1. The van der Waals surface area contributed by atoms with Gasteiger partial charge >= 0.3 is 5.97 Å². The van der Waals surface area contributed by atoms with Crippen molar-refractivity contribution in [1.82, 2.24) is 0 Å². The van der Waals surface area contributed by atoms with Crippen molar-refractivity contribution in [2.45, 2.75) is 19.9 Å². The van der Waals surface area contributed by atoms with Crippen LogP contribution >= 0.6 is 0 Å². The van der Waals surface area contributed by atoms with Gasteiger partial charge in [0.25, 0.3) is 0 Å². The van der Waals surface area contributed by atoms with E-state index in [1.165, 1.54) is 12.7 Å². The van der Waals surface area contributed by atoms with Crippen molar-refractivity contribution in [3.63, 3.8) is 0 Å². The summed E-state index contributed by atoms with van der Waals surface area (Å²) in [6.45, 7) is 4.10. The molecule has 4 heteroatoms. The van der Waals surface area contributed by atoms with Gasteiger partial charge in [0.15, 0.2) is 0 Å². The Kier molecular flexibility index (Phi) is 4.48. The first-order valence-corrected chi connectivity index (χ1v) is 6.83. The molecule has 2 aromatic rings. The molecule has 0 bridgehead atoms. The summed E-state index contributed by atoms with van der Waals surface area (Å²) in [4.78, 5) is 11.9. The quantitative estimate of drug-likeness (QED) is 0.666. The minimum atomic E-state index is -0.401. The first kappa shape index (κ1) is 14.9. The highest BCUT2D eigenvalue weighted by Gasteiger charge is 2.17. The summed E-state index contributed by atoms with van der Waals surface area (Å²) in [5, 5.41) is 3.33. The number of aryl methyl sites for hydroxylation is 1. The second kappa shape index (κ2) is 6.31. The average molecular weight is 284 g/mol. The van der Waals surface area contributed by atoms with Crippen molar-refractivity contribution in [1.29, 1.82) is 0 Å². The summed E-state index contributed by atoms with van der Waals surface area (Å²) in [7, 11) is 1.36. The summed E-state index contributed by atoms with van der Waals surface area (Å²) < 4.78 is 4.81. The molecule has 0 saturated heterocycles. The molecule has 0 aliphatic heterocycles. The van der Waals surface area contributed by atoms with Gasteiger partial charge in [0.05, 0.1) is 24.0 Å². The van der Waals surface area contributed by atoms with Crippen LogP contribution in [0, 0.1) is 6.92 Å². The molecule has 1 unspecified atom stereocenters. The lowest BCUT2D eigenvalue weighted by Gasteiger charge is -2.20. The fraction of sp³-hybridized carbons (Fsp3) is 0.235. The largest absolute Gasteiger partial charge is 0.465 e. The fourth-order valence-electron chi connectivity index (χ4n) is 2.38. The van der Waals surface area contributed by atoms with E-state index in [9.17, 15) is 4.79 Å². The van der Waals surface area contributed by atoms with Crippen LogP contribution in [0.3, 0.4) is 0 Å². The third kappa shape index (κ3) is 3.16. The molecular weight excluding hydrogens is 264 g/mol. The number of nitrogen functional groups attached to an aromatic ring is 1. The number of anilines is 2. The summed E-state index contributed by atoms with van der Waals surface area (Å²) in [5.74, 6) is -0.401. The zero-order valence-electron chi connectivity index (χ0n) is 12.5. The van der Waals surface area contributed by atoms with E-state index in [0.717, 1.165) is 5.56 Å². The third-order valence-electron chi connectivity index (χ3n) is 3.52. The molecule has 0 heterocycles. The van der Waals surface area contributed by atoms with Crippen LogP contribution in [0.2, 0.25) is 0 Å². The summed E-state index contributed by atoms with van der Waals surface area (Å²) >= 11 is 0. The number of methoxy groups -OCH3 is 1. The molecule has 21 heavy (non-hydrogen) atoms. The summed E-state index contributed by atoms with van der Waals surface area (Å²) in [6, 6.07) is 13.4. The minimum absolute atomic E-state index is 0.0271. The van der Waals surface area contributed by atoms with Gasteiger partial charge in [-0.15, -0.1) is 0 Å². The first-order chi connectivity index (χ1) is 10.0. The third-order valence-corrected chi connectivity index (χ3v) is 3.52. The van der Waals surface area contributed by atoms with Crippen LogP contribution in [-0.4, -0.2) is 13.1 Å². The maximum absolute atomic E-state index is 11.9. The number of carbonyl (C=O) groups excluding carboxylic acids is 1. The lowest BCUT2D eigenvalue weighted by atomic mass is 10.0. The molecule has 2 aromatic carbocycles. The Bertz CT molecular complexity index is 653. The molecule has 0 aromatic heterocycles. The van der Waals surface area contributed by atoms with E-state index in [1.54, 1.807) is 18.2 Å². The maximum Gasteiger partial charge on any atom is 0.340 e. The van der Waals surface area contributed by atoms with Crippen LogP contribution in [0.5, 0.6) is 0 Å². The van der Waals surface area contributed by atoms with Crippen molar-refractivity contribution in [2.24, 2.45) is 0 Å². The topological polar surface area (TPSA) is 64.3 Å². The van der Waals surface area contributed by atoms with Gasteiger partial charge in [-0.2, -0.15) is 0 Å². The number of para-hydroxylation sites is 1. The average Bonchev–Trinajstić information content (AvgIpc) is 2.48. The van der Waals surface area contributed by atoms with Crippen LogP contribution < -0.4 is 11.1 Å². The molecule has 2 rings (SSSR count). The van der Waals surface area contributed by atoms with Gasteiger partial charge in [0.2, 0.25) is 0 Å². The molecule has 0 radical (unpaired) electrons. The van der Waals surface area contributed by atoms with Crippen LogP contribution in [0.15, 0.2) is 42.5 Å². The van der Waals surface area contributed by atoms with Gasteiger partial charge in [0, 0.05) is 6.04 Å². The first-order valence-electron chi connectivity index (χ1n) is 6.83. The number of nitrogens with one attached hydrogen (secondary N) is 1. The highest BCUT2D eigenvalue weighted by molar-refractivity contribution is 5.98. The molecule has 110 valence electrons. The second-order valence-corrected chi connectivity index (χ2v) is 4.98. The number of hydrogen-bond acceptors (Lipinski definition) is 4. The lowest BCUT2D eigenvalue weighted by Crippen LogP contribution is -2.14. The Morgan fingerprint density at radius 2 is 1.90 bits per heavy atom. The van der Waals surface area contributed by atoms with E-state index in [4.69, 9.17) is 10.5 Å². The van der Waals surface area contributed by atoms with Crippen molar-refractivity contribution in [2.75, 3.05) is 18.2 Å². The van der Waals surface area contributed by atoms with Gasteiger partial charge in [0.1, 0.15) is 0 Å². The summed E-state index contributed by atoms with van der Waals surface area (Å²) in [6.07, 6.45) is 0. The number of hydrogen-bond donors (Lipinski definition) is 2. The van der Waals surface area contributed by atoms with Crippen molar-refractivity contribution < 1.29 is 9.53 Å². The van der Waals surface area contributed by atoms with Gasteiger partial charge in [-0.3, -0.25) is 0 Å². The Morgan fingerprint density at radius 1 is 1.19 bits per heavy atom. The number of esters is 1. The Balaban J connectivity index is 2.35. The van der Waals surface area contributed by atoms with E-state index in [2.05, 4.69) is 24.4 Å². The van der Waals surface area contributed by atoms with E-state index < -0.39 is 5.97 Å². The van der Waals surface area contributed by atoms with E-state index in [1.807, 2.05) is 19.1 Å². The highest BCUT2D eigenvalue weighted by Crippen LogP contribution is 2.29. The minimum Gasteiger partial charge on any atom is -0.465 e. The van der Waals surface area contributed by atoms with Gasteiger partial charge < -0.3 is 15.8 Å². The number of ether oxygens (including phenoxy) is 1.